The summed E-state index contributed by atoms with van der Waals surface area (Å²) in [5.41, 5.74) is -0.448. The Balaban J connectivity index is 0.00000450. The van der Waals surface area contributed by atoms with Gasteiger partial charge in [0.05, 0.1) is 0 Å². The Hall–Kier alpha value is -0.770. The molecule has 1 amide bonds. The molecule has 1 unspecified atom stereocenters. The SMILES string of the molecule is CCN(CC1CCN(C(=NC)NCC(C)N(C)C2CC2)CC1)C(=O)OC(C)(C)C.I. The van der Waals surface area contributed by atoms with E-state index in [9.17, 15) is 4.79 Å². The lowest BCUT2D eigenvalue weighted by molar-refractivity contribution is 0.0214. The molecule has 1 N–H and O–H groups in total. The van der Waals surface area contributed by atoms with Crippen molar-refractivity contribution in [2.45, 2.75) is 78.0 Å². The number of nitrogens with one attached hydrogen (secondary N) is 1. The second-order valence-corrected chi connectivity index (χ2v) is 9.62. The van der Waals surface area contributed by atoms with Gasteiger partial charge < -0.3 is 19.9 Å². The van der Waals surface area contributed by atoms with Crippen LogP contribution in [0.15, 0.2) is 4.99 Å². The number of ether oxygens (including phenoxy) is 1. The lowest BCUT2D eigenvalue weighted by Crippen LogP contribution is -2.50. The van der Waals surface area contributed by atoms with E-state index < -0.39 is 5.60 Å². The summed E-state index contributed by atoms with van der Waals surface area (Å²) >= 11 is 0. The number of aliphatic imine (C=N–C) groups is 1. The van der Waals surface area contributed by atoms with Crippen LogP contribution >= 0.6 is 24.0 Å². The van der Waals surface area contributed by atoms with Gasteiger partial charge in [-0.25, -0.2) is 4.79 Å². The van der Waals surface area contributed by atoms with E-state index in [2.05, 4.69) is 34.1 Å². The molecule has 1 saturated carbocycles. The molecule has 1 atom stereocenters. The van der Waals surface area contributed by atoms with Crippen molar-refractivity contribution in [2.24, 2.45) is 10.9 Å². The molecule has 0 bridgehead atoms. The van der Waals surface area contributed by atoms with E-state index in [0.717, 1.165) is 51.0 Å². The Morgan fingerprint density at radius 2 is 1.83 bits per heavy atom. The number of rotatable bonds is 7. The molecule has 1 aliphatic carbocycles. The van der Waals surface area contributed by atoms with Gasteiger partial charge in [0.2, 0.25) is 0 Å². The van der Waals surface area contributed by atoms with Crippen LogP contribution in [0.2, 0.25) is 0 Å². The Morgan fingerprint density at radius 1 is 1.23 bits per heavy atom. The molecule has 2 rings (SSSR count). The first-order valence-electron chi connectivity index (χ1n) is 11.3. The van der Waals surface area contributed by atoms with Crippen molar-refractivity contribution in [3.63, 3.8) is 0 Å². The highest BCUT2D eigenvalue weighted by Crippen LogP contribution is 2.26. The number of hydrogen-bond acceptors (Lipinski definition) is 4. The van der Waals surface area contributed by atoms with Crippen molar-refractivity contribution in [3.8, 4) is 0 Å². The Kier molecular flexibility index (Phi) is 11.2. The highest BCUT2D eigenvalue weighted by Gasteiger charge is 2.30. The lowest BCUT2D eigenvalue weighted by atomic mass is 9.96. The van der Waals surface area contributed by atoms with Gasteiger partial charge in [0.15, 0.2) is 5.96 Å². The van der Waals surface area contributed by atoms with E-state index in [4.69, 9.17) is 4.74 Å². The summed E-state index contributed by atoms with van der Waals surface area (Å²) in [6.07, 6.45) is 4.60. The maximum absolute atomic E-state index is 12.4. The number of hydrogen-bond donors (Lipinski definition) is 1. The molecule has 8 heteroatoms. The molecule has 176 valence electrons. The Labute approximate surface area is 201 Å². The number of piperidine rings is 1. The standard InChI is InChI=1S/C22H43N5O2.HI/c1-8-26(21(28)29-22(3,4)5)16-18-11-13-27(14-12-18)20(23-6)24-15-17(2)25(7)19-9-10-19;/h17-19H,8-16H2,1-7H3,(H,23,24);1H. The molecule has 1 heterocycles. The molecular formula is C22H44IN5O2. The molecule has 1 aliphatic heterocycles. The predicted molar refractivity (Wildman–Crippen MR) is 135 cm³/mol. The third kappa shape index (κ3) is 8.77. The van der Waals surface area contributed by atoms with E-state index in [1.807, 2.05) is 39.6 Å². The minimum Gasteiger partial charge on any atom is -0.444 e. The summed E-state index contributed by atoms with van der Waals surface area (Å²) in [6.45, 7) is 14.4. The van der Waals surface area contributed by atoms with E-state index in [1.54, 1.807) is 0 Å². The van der Waals surface area contributed by atoms with Gasteiger partial charge in [-0.05, 0) is 73.3 Å². The summed E-state index contributed by atoms with van der Waals surface area (Å²) in [4.78, 5) is 23.6. The monoisotopic (exact) mass is 537 g/mol. The average Bonchev–Trinajstić information content (AvgIpc) is 3.50. The fourth-order valence-electron chi connectivity index (χ4n) is 3.86. The second kappa shape index (κ2) is 12.3. The van der Waals surface area contributed by atoms with Gasteiger partial charge in [-0.15, -0.1) is 24.0 Å². The van der Waals surface area contributed by atoms with Crippen molar-refractivity contribution in [1.82, 2.24) is 20.0 Å². The third-order valence-corrected chi connectivity index (χ3v) is 6.01. The van der Waals surface area contributed by atoms with Gasteiger partial charge in [-0.3, -0.25) is 9.89 Å². The summed E-state index contributed by atoms with van der Waals surface area (Å²) in [7, 11) is 4.09. The molecule has 0 aromatic rings. The Morgan fingerprint density at radius 3 is 2.30 bits per heavy atom. The van der Waals surface area contributed by atoms with Crippen molar-refractivity contribution in [3.05, 3.63) is 0 Å². The van der Waals surface area contributed by atoms with E-state index >= 15 is 0 Å². The number of carbonyl (C=O) groups is 1. The normalized spacial score (nSPS) is 19.3. The molecular weight excluding hydrogens is 493 g/mol. The van der Waals surface area contributed by atoms with Crippen molar-refractivity contribution in [2.75, 3.05) is 46.8 Å². The summed E-state index contributed by atoms with van der Waals surface area (Å²) < 4.78 is 5.55. The van der Waals surface area contributed by atoms with Gasteiger partial charge in [-0.1, -0.05) is 0 Å². The van der Waals surface area contributed by atoms with Crippen LogP contribution in [0.1, 0.15) is 60.3 Å². The second-order valence-electron chi connectivity index (χ2n) is 9.62. The highest BCUT2D eigenvalue weighted by atomic mass is 127. The number of amides is 1. The number of likely N-dealkylation sites (tertiary alicyclic amines) is 1. The van der Waals surface area contributed by atoms with Gasteiger partial charge in [0, 0.05) is 51.9 Å². The number of halogens is 1. The van der Waals surface area contributed by atoms with Crippen LogP contribution in [0, 0.1) is 5.92 Å². The molecule has 0 spiro atoms. The Bertz CT molecular complexity index is 554. The topological polar surface area (TPSA) is 60.4 Å². The van der Waals surface area contributed by atoms with Crippen LogP contribution in [0.3, 0.4) is 0 Å². The first-order valence-corrected chi connectivity index (χ1v) is 11.3. The minimum absolute atomic E-state index is 0. The largest absolute Gasteiger partial charge is 0.444 e. The molecule has 2 aliphatic rings. The van der Waals surface area contributed by atoms with E-state index in [1.165, 1.54) is 12.8 Å². The quantitative estimate of drug-likeness (QED) is 0.306. The number of carbonyl (C=O) groups excluding carboxylic acids is 1. The molecule has 0 radical (unpaired) electrons. The summed E-state index contributed by atoms with van der Waals surface area (Å²) in [5, 5.41) is 3.56. The lowest BCUT2D eigenvalue weighted by Gasteiger charge is -2.37. The van der Waals surface area contributed by atoms with Gasteiger partial charge in [0.25, 0.3) is 0 Å². The van der Waals surface area contributed by atoms with Crippen molar-refractivity contribution in [1.29, 1.82) is 0 Å². The maximum Gasteiger partial charge on any atom is 0.410 e. The molecule has 2 fully saturated rings. The van der Waals surface area contributed by atoms with Gasteiger partial charge in [-0.2, -0.15) is 0 Å². The summed E-state index contributed by atoms with van der Waals surface area (Å²) in [5.74, 6) is 1.51. The average molecular weight is 538 g/mol. The zero-order valence-electron chi connectivity index (χ0n) is 20.1. The van der Waals surface area contributed by atoms with Gasteiger partial charge >= 0.3 is 6.09 Å². The predicted octanol–water partition coefficient (Wildman–Crippen LogP) is 3.63. The fourth-order valence-corrected chi connectivity index (χ4v) is 3.86. The maximum atomic E-state index is 12.4. The minimum atomic E-state index is -0.448. The van der Waals surface area contributed by atoms with Crippen LogP contribution in [0.25, 0.3) is 0 Å². The molecule has 30 heavy (non-hydrogen) atoms. The number of likely N-dealkylation sites (N-methyl/N-ethyl adjacent to an activating group) is 1. The van der Waals surface area contributed by atoms with Crippen LogP contribution in [0.5, 0.6) is 0 Å². The van der Waals surface area contributed by atoms with Crippen LogP contribution in [-0.2, 0) is 4.74 Å². The van der Waals surface area contributed by atoms with E-state index in [0.29, 0.717) is 18.5 Å². The molecule has 7 nitrogen and oxygen atoms in total. The van der Waals surface area contributed by atoms with Gasteiger partial charge in [0.1, 0.15) is 5.60 Å². The van der Waals surface area contributed by atoms with Crippen LogP contribution < -0.4 is 5.32 Å². The zero-order chi connectivity index (χ0) is 21.6. The fraction of sp³-hybridized carbons (Fsp3) is 0.909. The molecule has 1 saturated heterocycles. The van der Waals surface area contributed by atoms with Crippen molar-refractivity contribution < 1.29 is 9.53 Å². The number of guanidine groups is 1. The third-order valence-electron chi connectivity index (χ3n) is 6.01. The van der Waals surface area contributed by atoms with Crippen LogP contribution in [-0.4, -0.2) is 91.3 Å². The summed E-state index contributed by atoms with van der Waals surface area (Å²) in [6, 6.07) is 1.28. The molecule has 0 aromatic heterocycles. The first kappa shape index (κ1) is 27.3. The van der Waals surface area contributed by atoms with E-state index in [-0.39, 0.29) is 30.1 Å². The van der Waals surface area contributed by atoms with Crippen molar-refractivity contribution >= 4 is 36.0 Å². The highest BCUT2D eigenvalue weighted by molar-refractivity contribution is 14.0. The zero-order valence-corrected chi connectivity index (χ0v) is 22.4. The molecule has 0 aromatic carbocycles. The van der Waals surface area contributed by atoms with Crippen LogP contribution in [0.4, 0.5) is 4.79 Å². The number of nitrogens with zero attached hydrogens (tertiary/aromatic N) is 4. The first-order chi connectivity index (χ1) is 13.6. The smallest absolute Gasteiger partial charge is 0.410 e.